The second-order valence-electron chi connectivity index (χ2n) is 5.81. The Bertz CT molecular complexity index is 495. The van der Waals surface area contributed by atoms with Crippen molar-refractivity contribution < 1.29 is 9.53 Å². The second-order valence-corrected chi connectivity index (χ2v) is 5.81. The second kappa shape index (κ2) is 7.24. The number of anilines is 2. The molecule has 0 amide bonds. The maximum atomic E-state index is 11.5. The molecule has 1 aromatic heterocycles. The molecule has 0 aliphatic heterocycles. The highest BCUT2D eigenvalue weighted by atomic mass is 16.5. The molecule has 0 atom stereocenters. The van der Waals surface area contributed by atoms with Crippen molar-refractivity contribution in [2.24, 2.45) is 0 Å². The lowest BCUT2D eigenvalue weighted by atomic mass is 9.95. The molecule has 0 unspecified atom stereocenters. The summed E-state index contributed by atoms with van der Waals surface area (Å²) in [6, 6.07) is 0. The van der Waals surface area contributed by atoms with Crippen LogP contribution in [0.3, 0.4) is 0 Å². The summed E-state index contributed by atoms with van der Waals surface area (Å²) in [5.74, 6) is 1.90. The number of carbonyl (C=O) groups is 1. The van der Waals surface area contributed by atoms with Gasteiger partial charge in [0.1, 0.15) is 24.0 Å². The van der Waals surface area contributed by atoms with Crippen molar-refractivity contribution in [2.45, 2.75) is 47.0 Å². The van der Waals surface area contributed by atoms with E-state index < -0.39 is 0 Å². The fraction of sp³-hybridized carbons (Fsp3) is 0.667. The fourth-order valence-electron chi connectivity index (χ4n) is 1.73. The number of carbonyl (C=O) groups excluding carboxylic acids is 1. The van der Waals surface area contributed by atoms with Gasteiger partial charge in [-0.3, -0.25) is 4.79 Å². The van der Waals surface area contributed by atoms with Gasteiger partial charge in [0, 0.05) is 17.5 Å². The molecular formula is C15H26N4O2. The molecular weight excluding hydrogens is 268 g/mol. The minimum absolute atomic E-state index is 0.0981. The van der Waals surface area contributed by atoms with Gasteiger partial charge in [-0.25, -0.2) is 9.97 Å². The van der Waals surface area contributed by atoms with Gasteiger partial charge in [-0.1, -0.05) is 20.8 Å². The first-order valence-corrected chi connectivity index (χ1v) is 7.32. The molecule has 0 aromatic carbocycles. The maximum Gasteiger partial charge on any atom is 0.325 e. The van der Waals surface area contributed by atoms with Gasteiger partial charge in [-0.05, 0) is 20.8 Å². The van der Waals surface area contributed by atoms with Crippen LogP contribution in [0.1, 0.15) is 46.0 Å². The average Bonchev–Trinajstić information content (AvgIpc) is 2.39. The zero-order chi connectivity index (χ0) is 16.0. The predicted octanol–water partition coefficient (Wildman–Crippen LogP) is 2.49. The van der Waals surface area contributed by atoms with E-state index >= 15 is 0 Å². The van der Waals surface area contributed by atoms with Gasteiger partial charge in [-0.2, -0.15) is 0 Å². The van der Waals surface area contributed by atoms with Crippen LogP contribution in [0.4, 0.5) is 11.6 Å². The highest BCUT2D eigenvalue weighted by molar-refractivity contribution is 5.75. The number of hydrogen-bond donors (Lipinski definition) is 2. The van der Waals surface area contributed by atoms with Crippen LogP contribution in [0.25, 0.3) is 0 Å². The topological polar surface area (TPSA) is 76.1 Å². The third-order valence-corrected chi connectivity index (χ3v) is 2.87. The Hall–Kier alpha value is -1.85. The molecule has 0 spiro atoms. The van der Waals surface area contributed by atoms with Gasteiger partial charge in [0.15, 0.2) is 0 Å². The molecule has 1 rings (SSSR count). The van der Waals surface area contributed by atoms with Crippen LogP contribution in [-0.2, 0) is 14.9 Å². The number of esters is 1. The van der Waals surface area contributed by atoms with E-state index in [0.29, 0.717) is 12.4 Å². The number of hydrogen-bond acceptors (Lipinski definition) is 6. The first-order valence-electron chi connectivity index (χ1n) is 7.32. The minimum Gasteiger partial charge on any atom is -0.465 e. The summed E-state index contributed by atoms with van der Waals surface area (Å²) in [6.07, 6.45) is 0. The number of aromatic nitrogens is 2. The Balaban J connectivity index is 3.05. The SMILES string of the molecule is CCNc1nc(C(C)(C)C)nc(NCC(=O)OCC)c1C. The first-order chi connectivity index (χ1) is 9.79. The van der Waals surface area contributed by atoms with Gasteiger partial charge in [0.2, 0.25) is 0 Å². The smallest absolute Gasteiger partial charge is 0.325 e. The summed E-state index contributed by atoms with van der Waals surface area (Å²) < 4.78 is 4.92. The van der Waals surface area contributed by atoms with Crippen LogP contribution in [0.5, 0.6) is 0 Å². The summed E-state index contributed by atoms with van der Waals surface area (Å²) in [6.45, 7) is 13.2. The molecule has 6 heteroatoms. The quantitative estimate of drug-likeness (QED) is 0.785. The van der Waals surface area contributed by atoms with E-state index in [4.69, 9.17) is 4.74 Å². The van der Waals surface area contributed by atoms with Gasteiger partial charge < -0.3 is 15.4 Å². The third-order valence-electron chi connectivity index (χ3n) is 2.87. The first kappa shape index (κ1) is 17.2. The Kier molecular flexibility index (Phi) is 5.93. The van der Waals surface area contributed by atoms with Crippen molar-refractivity contribution in [2.75, 3.05) is 30.3 Å². The molecule has 2 N–H and O–H groups in total. The molecule has 0 bridgehead atoms. The van der Waals surface area contributed by atoms with E-state index in [9.17, 15) is 4.79 Å². The molecule has 0 saturated carbocycles. The van der Waals surface area contributed by atoms with E-state index in [1.54, 1.807) is 6.92 Å². The van der Waals surface area contributed by atoms with Crippen LogP contribution in [-0.4, -0.2) is 35.6 Å². The standard InChI is InChI=1S/C15H26N4O2/c1-7-16-12-10(3)13(17-9-11(20)21-8-2)19-14(18-12)15(4,5)6/h7-9H2,1-6H3,(H2,16,17,18,19). The molecule has 1 heterocycles. The van der Waals surface area contributed by atoms with E-state index in [-0.39, 0.29) is 17.9 Å². The van der Waals surface area contributed by atoms with Crippen LogP contribution in [0.15, 0.2) is 0 Å². The van der Waals surface area contributed by atoms with E-state index in [1.807, 2.05) is 13.8 Å². The van der Waals surface area contributed by atoms with Crippen LogP contribution in [0.2, 0.25) is 0 Å². The number of nitrogens with zero attached hydrogens (tertiary/aromatic N) is 2. The lowest BCUT2D eigenvalue weighted by molar-refractivity contribution is -0.140. The molecule has 0 radical (unpaired) electrons. The maximum absolute atomic E-state index is 11.5. The Labute approximate surface area is 126 Å². The molecule has 0 fully saturated rings. The predicted molar refractivity (Wildman–Crippen MR) is 84.8 cm³/mol. The third kappa shape index (κ3) is 4.88. The van der Waals surface area contributed by atoms with Crippen LogP contribution in [0, 0.1) is 6.92 Å². The van der Waals surface area contributed by atoms with Crippen molar-refractivity contribution >= 4 is 17.6 Å². The summed E-state index contributed by atoms with van der Waals surface area (Å²) in [5, 5.41) is 6.28. The lowest BCUT2D eigenvalue weighted by Gasteiger charge is -2.21. The van der Waals surface area contributed by atoms with Gasteiger partial charge in [-0.15, -0.1) is 0 Å². The summed E-state index contributed by atoms with van der Waals surface area (Å²) in [7, 11) is 0. The Morgan fingerprint density at radius 2 is 1.71 bits per heavy atom. The summed E-state index contributed by atoms with van der Waals surface area (Å²) >= 11 is 0. The normalized spacial score (nSPS) is 11.1. The Morgan fingerprint density at radius 1 is 1.14 bits per heavy atom. The van der Waals surface area contributed by atoms with Crippen molar-refractivity contribution in [3.8, 4) is 0 Å². The highest BCUT2D eigenvalue weighted by Crippen LogP contribution is 2.26. The van der Waals surface area contributed by atoms with Gasteiger partial charge >= 0.3 is 5.97 Å². The fourth-order valence-corrected chi connectivity index (χ4v) is 1.73. The molecule has 6 nitrogen and oxygen atoms in total. The van der Waals surface area contributed by atoms with Gasteiger partial charge in [0.05, 0.1) is 6.61 Å². The highest BCUT2D eigenvalue weighted by Gasteiger charge is 2.21. The largest absolute Gasteiger partial charge is 0.465 e. The monoisotopic (exact) mass is 294 g/mol. The van der Waals surface area contributed by atoms with E-state index in [2.05, 4.69) is 41.4 Å². The molecule has 1 aromatic rings. The molecule has 0 aliphatic rings. The van der Waals surface area contributed by atoms with Crippen molar-refractivity contribution in [3.63, 3.8) is 0 Å². The van der Waals surface area contributed by atoms with Crippen molar-refractivity contribution in [1.29, 1.82) is 0 Å². The van der Waals surface area contributed by atoms with Gasteiger partial charge in [0.25, 0.3) is 0 Å². The van der Waals surface area contributed by atoms with E-state index in [0.717, 1.165) is 23.8 Å². The van der Waals surface area contributed by atoms with E-state index in [1.165, 1.54) is 0 Å². The molecule has 21 heavy (non-hydrogen) atoms. The number of nitrogens with one attached hydrogen (secondary N) is 2. The summed E-state index contributed by atoms with van der Waals surface area (Å²) in [4.78, 5) is 20.6. The Morgan fingerprint density at radius 3 is 2.19 bits per heavy atom. The zero-order valence-electron chi connectivity index (χ0n) is 13.8. The molecule has 0 aliphatic carbocycles. The summed E-state index contributed by atoms with van der Waals surface area (Å²) in [5.41, 5.74) is 0.729. The molecule has 118 valence electrons. The molecule has 0 saturated heterocycles. The zero-order valence-corrected chi connectivity index (χ0v) is 13.8. The van der Waals surface area contributed by atoms with Crippen LogP contribution < -0.4 is 10.6 Å². The minimum atomic E-state index is -0.294. The van der Waals surface area contributed by atoms with Crippen molar-refractivity contribution in [3.05, 3.63) is 11.4 Å². The average molecular weight is 294 g/mol. The number of rotatable bonds is 6. The van der Waals surface area contributed by atoms with Crippen LogP contribution >= 0.6 is 0 Å². The lowest BCUT2D eigenvalue weighted by Crippen LogP contribution is -2.22. The van der Waals surface area contributed by atoms with Crippen molar-refractivity contribution in [1.82, 2.24) is 9.97 Å². The number of ether oxygens (including phenoxy) is 1.